The molecular weight excluding hydrogens is 277 g/mol. The van der Waals surface area contributed by atoms with Gasteiger partial charge in [0, 0.05) is 6.42 Å². The molecule has 1 heterocycles. The minimum absolute atomic E-state index is 0.0450. The van der Waals surface area contributed by atoms with Crippen LogP contribution < -0.4 is 9.47 Å². The number of alkyl halides is 3. The predicted molar refractivity (Wildman–Crippen MR) is 63.0 cm³/mol. The number of carboxylic acid groups (broad SMARTS) is 1. The molecule has 4 nitrogen and oxygen atoms in total. The molecule has 20 heavy (non-hydrogen) atoms. The molecule has 1 aromatic rings. The number of aryl methyl sites for hydroxylation is 1. The summed E-state index contributed by atoms with van der Waals surface area (Å²) in [7, 11) is 0. The van der Waals surface area contributed by atoms with Crippen molar-refractivity contribution < 1.29 is 32.5 Å². The van der Waals surface area contributed by atoms with Crippen molar-refractivity contribution in [2.24, 2.45) is 0 Å². The van der Waals surface area contributed by atoms with Crippen LogP contribution >= 0.6 is 0 Å². The van der Waals surface area contributed by atoms with Gasteiger partial charge in [-0.15, -0.1) is 0 Å². The largest absolute Gasteiger partial charge is 0.486 e. The van der Waals surface area contributed by atoms with Crippen molar-refractivity contribution in [1.82, 2.24) is 0 Å². The third-order valence-electron chi connectivity index (χ3n) is 2.91. The van der Waals surface area contributed by atoms with Gasteiger partial charge in [-0.25, -0.2) is 0 Å². The summed E-state index contributed by atoms with van der Waals surface area (Å²) in [6, 6.07) is 2.27. The van der Waals surface area contributed by atoms with Crippen LogP contribution in [0.4, 0.5) is 13.2 Å². The number of hydrogen-bond donors (Lipinski definition) is 1. The molecule has 0 spiro atoms. The summed E-state index contributed by atoms with van der Waals surface area (Å²) in [6.45, 7) is 0.245. The molecule has 0 fully saturated rings. The molecule has 1 N–H and O–H groups in total. The lowest BCUT2D eigenvalue weighted by Gasteiger charge is -2.24. The highest BCUT2D eigenvalue weighted by Crippen LogP contribution is 2.45. The fraction of sp³-hybridized carbons (Fsp3) is 0.462. The highest BCUT2D eigenvalue weighted by Gasteiger charge is 2.37. The van der Waals surface area contributed by atoms with Crippen molar-refractivity contribution in [2.45, 2.75) is 25.4 Å². The second-order valence-corrected chi connectivity index (χ2v) is 4.37. The van der Waals surface area contributed by atoms with Gasteiger partial charge in [-0.05, 0) is 24.5 Å². The number of carboxylic acids is 1. The Morgan fingerprint density at radius 3 is 2.45 bits per heavy atom. The lowest BCUT2D eigenvalue weighted by molar-refractivity contribution is -0.139. The zero-order valence-electron chi connectivity index (χ0n) is 10.5. The number of ether oxygens (including phenoxy) is 2. The highest BCUT2D eigenvalue weighted by atomic mass is 19.4. The molecule has 0 atom stereocenters. The van der Waals surface area contributed by atoms with Crippen LogP contribution in [0.2, 0.25) is 0 Å². The average molecular weight is 290 g/mol. The Labute approximate surface area is 113 Å². The van der Waals surface area contributed by atoms with Gasteiger partial charge in [0.15, 0.2) is 11.5 Å². The number of aliphatic carboxylic acids is 1. The van der Waals surface area contributed by atoms with E-state index in [0.717, 1.165) is 6.07 Å². The second kappa shape index (κ2) is 5.60. The number of benzene rings is 1. The van der Waals surface area contributed by atoms with E-state index in [9.17, 15) is 18.0 Å². The Kier molecular flexibility index (Phi) is 4.06. The van der Waals surface area contributed by atoms with Gasteiger partial charge < -0.3 is 14.6 Å². The maximum Gasteiger partial charge on any atom is 0.420 e. The number of rotatable bonds is 4. The van der Waals surface area contributed by atoms with Crippen LogP contribution in [0.3, 0.4) is 0 Å². The van der Waals surface area contributed by atoms with Crippen LogP contribution in [0.15, 0.2) is 12.1 Å². The monoisotopic (exact) mass is 290 g/mol. The van der Waals surface area contributed by atoms with E-state index in [1.165, 1.54) is 6.07 Å². The van der Waals surface area contributed by atoms with E-state index in [1.807, 2.05) is 0 Å². The molecule has 0 saturated carbocycles. The molecule has 1 aliphatic heterocycles. The number of halogens is 3. The summed E-state index contributed by atoms with van der Waals surface area (Å²) in [6.07, 6.45) is -3.90. The Bertz CT molecular complexity index is 511. The predicted octanol–water partition coefficient (Wildman–Crippen LogP) is 2.88. The fourth-order valence-electron chi connectivity index (χ4n) is 2.04. The van der Waals surface area contributed by atoms with Gasteiger partial charge in [0.25, 0.3) is 0 Å². The van der Waals surface area contributed by atoms with Gasteiger partial charge in [-0.3, -0.25) is 4.79 Å². The summed E-state index contributed by atoms with van der Waals surface area (Å²) in [5, 5.41) is 8.58. The number of carbonyl (C=O) groups is 1. The zero-order valence-corrected chi connectivity index (χ0v) is 10.5. The third kappa shape index (κ3) is 3.15. The summed E-state index contributed by atoms with van der Waals surface area (Å²) in [5.41, 5.74) is -0.330. The van der Waals surface area contributed by atoms with E-state index in [-0.39, 0.29) is 31.1 Å². The van der Waals surface area contributed by atoms with Gasteiger partial charge in [0.2, 0.25) is 0 Å². The van der Waals surface area contributed by atoms with Crippen molar-refractivity contribution in [2.75, 3.05) is 13.2 Å². The van der Waals surface area contributed by atoms with Gasteiger partial charge in [0.05, 0.1) is 0 Å². The molecule has 0 unspecified atom stereocenters. The van der Waals surface area contributed by atoms with Crippen LogP contribution in [0.5, 0.6) is 11.5 Å². The molecule has 0 amide bonds. The minimum Gasteiger partial charge on any atom is -0.486 e. The average Bonchev–Trinajstić information content (AvgIpc) is 2.37. The van der Waals surface area contributed by atoms with Crippen molar-refractivity contribution >= 4 is 5.97 Å². The summed E-state index contributed by atoms with van der Waals surface area (Å²) < 4.78 is 48.9. The zero-order chi connectivity index (χ0) is 14.8. The molecule has 0 aromatic heterocycles. The van der Waals surface area contributed by atoms with Crippen LogP contribution in [-0.4, -0.2) is 24.3 Å². The Morgan fingerprint density at radius 2 is 1.85 bits per heavy atom. The van der Waals surface area contributed by atoms with Gasteiger partial charge in [0.1, 0.15) is 18.8 Å². The molecule has 1 aliphatic rings. The Hall–Kier alpha value is -1.92. The first-order valence-electron chi connectivity index (χ1n) is 6.10. The highest BCUT2D eigenvalue weighted by molar-refractivity contribution is 5.66. The SMILES string of the molecule is O=C(O)CCCc1ccc(C(F)(F)F)c2c1OCCO2. The third-order valence-corrected chi connectivity index (χ3v) is 2.91. The maximum absolute atomic E-state index is 12.9. The van der Waals surface area contributed by atoms with Crippen LogP contribution in [-0.2, 0) is 17.4 Å². The molecule has 1 aromatic carbocycles. The first-order valence-corrected chi connectivity index (χ1v) is 6.10. The van der Waals surface area contributed by atoms with Crippen molar-refractivity contribution in [3.05, 3.63) is 23.3 Å². The Balaban J connectivity index is 2.28. The van der Waals surface area contributed by atoms with Crippen molar-refractivity contribution in [1.29, 1.82) is 0 Å². The molecule has 7 heteroatoms. The van der Waals surface area contributed by atoms with Crippen LogP contribution in [0.1, 0.15) is 24.0 Å². The van der Waals surface area contributed by atoms with E-state index >= 15 is 0 Å². The molecule has 2 rings (SSSR count). The summed E-state index contributed by atoms with van der Waals surface area (Å²) in [5.74, 6) is -1.16. The van der Waals surface area contributed by atoms with E-state index < -0.39 is 17.7 Å². The maximum atomic E-state index is 12.9. The minimum atomic E-state index is -4.51. The second-order valence-electron chi connectivity index (χ2n) is 4.37. The van der Waals surface area contributed by atoms with Crippen LogP contribution in [0, 0.1) is 0 Å². The standard InChI is InChI=1S/C13H13F3O4/c14-13(15,16)9-5-4-8(2-1-3-10(17)18)11-12(9)20-7-6-19-11/h4-5H,1-3,6-7H2,(H,17,18). The number of fused-ring (bicyclic) bond motifs is 1. The van der Waals surface area contributed by atoms with E-state index in [1.54, 1.807) is 0 Å². The normalized spacial score (nSPS) is 14.2. The lowest BCUT2D eigenvalue weighted by atomic mass is 10.0. The van der Waals surface area contributed by atoms with Crippen molar-refractivity contribution in [3.8, 4) is 11.5 Å². The molecule has 0 saturated heterocycles. The molecule has 0 radical (unpaired) electrons. The van der Waals surface area contributed by atoms with E-state index in [0.29, 0.717) is 18.4 Å². The summed E-state index contributed by atoms with van der Waals surface area (Å²) in [4.78, 5) is 10.5. The first kappa shape index (κ1) is 14.5. The first-order chi connectivity index (χ1) is 9.39. The lowest BCUT2D eigenvalue weighted by Crippen LogP contribution is -2.20. The molecule has 0 aliphatic carbocycles. The smallest absolute Gasteiger partial charge is 0.420 e. The fourth-order valence-corrected chi connectivity index (χ4v) is 2.04. The van der Waals surface area contributed by atoms with E-state index in [2.05, 4.69) is 0 Å². The van der Waals surface area contributed by atoms with E-state index in [4.69, 9.17) is 14.6 Å². The van der Waals surface area contributed by atoms with Crippen molar-refractivity contribution in [3.63, 3.8) is 0 Å². The molecule has 110 valence electrons. The molecule has 0 bridgehead atoms. The summed E-state index contributed by atoms with van der Waals surface area (Å²) >= 11 is 0. The topological polar surface area (TPSA) is 55.8 Å². The quantitative estimate of drug-likeness (QED) is 0.926. The van der Waals surface area contributed by atoms with Gasteiger partial charge in [-0.2, -0.15) is 13.2 Å². The van der Waals surface area contributed by atoms with Crippen LogP contribution in [0.25, 0.3) is 0 Å². The Morgan fingerprint density at radius 1 is 1.20 bits per heavy atom. The van der Waals surface area contributed by atoms with Gasteiger partial charge in [-0.1, -0.05) is 6.07 Å². The molecular formula is C13H13F3O4. The van der Waals surface area contributed by atoms with Gasteiger partial charge >= 0.3 is 12.1 Å². The number of hydrogen-bond acceptors (Lipinski definition) is 3.